The van der Waals surface area contributed by atoms with Crippen molar-refractivity contribution >= 4 is 11.9 Å². The Morgan fingerprint density at radius 3 is 2.37 bits per heavy atom. The molecule has 0 bridgehead atoms. The van der Waals surface area contributed by atoms with Crippen molar-refractivity contribution in [2.24, 2.45) is 5.73 Å². The van der Waals surface area contributed by atoms with Crippen molar-refractivity contribution in [3.63, 3.8) is 0 Å². The number of methoxy groups -OCH3 is 3. The molecule has 0 spiro atoms. The van der Waals surface area contributed by atoms with Crippen molar-refractivity contribution in [3.8, 4) is 17.6 Å². The van der Waals surface area contributed by atoms with Gasteiger partial charge in [-0.15, -0.1) is 0 Å². The number of carbonyl (C=O) groups excluding carboxylic acids is 2. The molecule has 0 saturated heterocycles. The molecule has 2 rings (SSSR count). The summed E-state index contributed by atoms with van der Waals surface area (Å²) in [5, 5.41) is 8.65. The lowest BCUT2D eigenvalue weighted by atomic mass is 10.2. The van der Waals surface area contributed by atoms with Gasteiger partial charge in [0.1, 0.15) is 29.9 Å². The van der Waals surface area contributed by atoms with Gasteiger partial charge in [-0.2, -0.15) is 5.26 Å². The maximum Gasteiger partial charge on any atom is 0.358 e. The zero-order valence-corrected chi connectivity index (χ0v) is 15.0. The molecule has 0 aliphatic carbocycles. The zero-order valence-electron chi connectivity index (χ0n) is 15.0. The Labute approximate surface area is 155 Å². The highest BCUT2D eigenvalue weighted by Crippen LogP contribution is 2.17. The van der Waals surface area contributed by atoms with Crippen LogP contribution in [0.2, 0.25) is 0 Å². The minimum absolute atomic E-state index is 0.114. The van der Waals surface area contributed by atoms with Crippen LogP contribution in [0, 0.1) is 11.3 Å². The summed E-state index contributed by atoms with van der Waals surface area (Å²) in [6.45, 7) is -0.155. The van der Waals surface area contributed by atoms with E-state index < -0.39 is 11.9 Å². The first-order valence-electron chi connectivity index (χ1n) is 7.40. The molecule has 0 aromatic carbocycles. The molecule has 142 valence electrons. The smallest absolute Gasteiger partial charge is 0.358 e. The Bertz CT molecular complexity index is 834. The van der Waals surface area contributed by atoms with Crippen LogP contribution in [0.25, 0.3) is 0 Å². The highest BCUT2D eigenvalue weighted by atomic mass is 16.5. The number of hydrogen-bond donors (Lipinski definition) is 1. The van der Waals surface area contributed by atoms with Gasteiger partial charge in [0.25, 0.3) is 0 Å². The van der Waals surface area contributed by atoms with Gasteiger partial charge in [-0.25, -0.2) is 19.6 Å². The number of carbonyl (C=O) groups is 2. The van der Waals surface area contributed by atoms with E-state index in [0.717, 1.165) is 0 Å². The van der Waals surface area contributed by atoms with Gasteiger partial charge in [-0.3, -0.25) is 5.73 Å². The highest BCUT2D eigenvalue weighted by Gasteiger charge is 2.11. The topological polar surface area (TPSA) is 147 Å². The number of esters is 2. The molecular weight excluding hydrogens is 356 g/mol. The van der Waals surface area contributed by atoms with Gasteiger partial charge in [-0.05, 0) is 6.07 Å². The fourth-order valence-electron chi connectivity index (χ4n) is 1.71. The molecule has 10 nitrogen and oxygen atoms in total. The number of pyridine rings is 2. The molecule has 2 aromatic heterocycles. The van der Waals surface area contributed by atoms with Crippen molar-refractivity contribution in [1.29, 1.82) is 5.26 Å². The lowest BCUT2D eigenvalue weighted by molar-refractivity contribution is 0.0507. The molecule has 2 aromatic rings. The summed E-state index contributed by atoms with van der Waals surface area (Å²) in [7, 11) is 4.18. The molecule has 0 unspecified atom stereocenters. The molecule has 0 aliphatic heterocycles. The predicted octanol–water partition coefficient (Wildman–Crippen LogP) is 0.912. The van der Waals surface area contributed by atoms with Crippen LogP contribution in [0.3, 0.4) is 0 Å². The molecule has 0 amide bonds. The van der Waals surface area contributed by atoms with Crippen LogP contribution in [-0.2, 0) is 9.47 Å². The summed E-state index contributed by atoms with van der Waals surface area (Å²) >= 11 is 0. The molecule has 0 atom stereocenters. The Kier molecular flexibility index (Phi) is 8.70. The Balaban J connectivity index is 0.000000271. The average molecular weight is 374 g/mol. The SMILES string of the molecule is COC(=O)c1cc(OC)c(C#N)cn1.COc1ccnc(C(=O)OCN)c1. The van der Waals surface area contributed by atoms with E-state index in [2.05, 4.69) is 19.4 Å². The van der Waals surface area contributed by atoms with E-state index in [1.807, 2.05) is 6.07 Å². The molecule has 0 aliphatic rings. The van der Waals surface area contributed by atoms with Gasteiger partial charge in [0.2, 0.25) is 0 Å². The molecule has 2 N–H and O–H groups in total. The molecule has 0 radical (unpaired) electrons. The number of ether oxygens (including phenoxy) is 4. The average Bonchev–Trinajstić information content (AvgIpc) is 2.73. The third kappa shape index (κ3) is 6.26. The van der Waals surface area contributed by atoms with Crippen molar-refractivity contribution < 1.29 is 28.5 Å². The molecular formula is C17H18N4O6. The van der Waals surface area contributed by atoms with E-state index in [1.54, 1.807) is 6.07 Å². The minimum Gasteiger partial charge on any atom is -0.497 e. The molecule has 2 heterocycles. The van der Waals surface area contributed by atoms with Gasteiger partial charge >= 0.3 is 11.9 Å². The second kappa shape index (κ2) is 11.0. The summed E-state index contributed by atoms with van der Waals surface area (Å²) < 4.78 is 18.8. The summed E-state index contributed by atoms with van der Waals surface area (Å²) in [6.07, 6.45) is 2.73. The predicted molar refractivity (Wildman–Crippen MR) is 92.1 cm³/mol. The highest BCUT2D eigenvalue weighted by molar-refractivity contribution is 5.88. The Morgan fingerprint density at radius 2 is 1.81 bits per heavy atom. The summed E-state index contributed by atoms with van der Waals surface area (Å²) in [4.78, 5) is 29.7. The van der Waals surface area contributed by atoms with E-state index in [0.29, 0.717) is 11.5 Å². The Morgan fingerprint density at radius 1 is 1.11 bits per heavy atom. The summed E-state index contributed by atoms with van der Waals surface area (Å²) in [6, 6.07) is 6.38. The number of nitriles is 1. The van der Waals surface area contributed by atoms with Crippen molar-refractivity contribution in [3.05, 3.63) is 47.5 Å². The van der Waals surface area contributed by atoms with Crippen LogP contribution in [0.4, 0.5) is 0 Å². The van der Waals surface area contributed by atoms with E-state index in [1.165, 1.54) is 45.9 Å². The third-order valence-electron chi connectivity index (χ3n) is 2.99. The Hall–Kier alpha value is -3.71. The maximum atomic E-state index is 11.1. The lowest BCUT2D eigenvalue weighted by Crippen LogP contribution is -2.13. The molecule has 27 heavy (non-hydrogen) atoms. The fraction of sp³-hybridized carbons (Fsp3) is 0.235. The first-order valence-corrected chi connectivity index (χ1v) is 7.40. The van der Waals surface area contributed by atoms with Crippen LogP contribution in [-0.4, -0.2) is 50.0 Å². The minimum atomic E-state index is -0.562. The summed E-state index contributed by atoms with van der Waals surface area (Å²) in [5.41, 5.74) is 5.61. The fourth-order valence-corrected chi connectivity index (χ4v) is 1.71. The van der Waals surface area contributed by atoms with Crippen LogP contribution in [0.15, 0.2) is 30.6 Å². The van der Waals surface area contributed by atoms with Crippen molar-refractivity contribution in [2.45, 2.75) is 0 Å². The second-order valence-corrected chi connectivity index (χ2v) is 4.55. The van der Waals surface area contributed by atoms with Gasteiger partial charge in [-0.1, -0.05) is 0 Å². The van der Waals surface area contributed by atoms with Crippen molar-refractivity contribution in [1.82, 2.24) is 9.97 Å². The first kappa shape index (κ1) is 21.3. The maximum absolute atomic E-state index is 11.1. The largest absolute Gasteiger partial charge is 0.497 e. The second-order valence-electron chi connectivity index (χ2n) is 4.55. The number of nitrogens with two attached hydrogens (primary N) is 1. The molecule has 0 saturated carbocycles. The normalized spacial score (nSPS) is 9.15. The lowest BCUT2D eigenvalue weighted by Gasteiger charge is -2.03. The van der Waals surface area contributed by atoms with Gasteiger partial charge in [0.05, 0.1) is 21.3 Å². The molecule has 0 fully saturated rings. The zero-order chi connectivity index (χ0) is 20.2. The van der Waals surface area contributed by atoms with Crippen LogP contribution in [0.5, 0.6) is 11.5 Å². The first-order chi connectivity index (χ1) is 13.0. The van der Waals surface area contributed by atoms with Crippen LogP contribution < -0.4 is 15.2 Å². The van der Waals surface area contributed by atoms with E-state index in [-0.39, 0.29) is 23.7 Å². The quantitative estimate of drug-likeness (QED) is 0.591. The van der Waals surface area contributed by atoms with Gasteiger partial charge < -0.3 is 18.9 Å². The van der Waals surface area contributed by atoms with E-state index in [4.69, 9.17) is 20.5 Å². The van der Waals surface area contributed by atoms with Gasteiger partial charge in [0.15, 0.2) is 11.4 Å². The van der Waals surface area contributed by atoms with Crippen molar-refractivity contribution in [2.75, 3.05) is 28.1 Å². The summed E-state index contributed by atoms with van der Waals surface area (Å²) in [5.74, 6) is -0.254. The standard InChI is InChI=1S/C9H8N2O3.C8H10N2O3/c1-13-8-3-7(9(12)14-2)11-5-6(8)4-10;1-12-6-2-3-10-7(4-6)8(11)13-5-9/h3,5H,1-2H3;2-4H,5,9H2,1H3. The monoisotopic (exact) mass is 374 g/mol. The number of nitrogens with zero attached hydrogens (tertiary/aromatic N) is 3. The van der Waals surface area contributed by atoms with Crippen LogP contribution in [0.1, 0.15) is 26.5 Å². The van der Waals surface area contributed by atoms with Crippen LogP contribution >= 0.6 is 0 Å². The third-order valence-corrected chi connectivity index (χ3v) is 2.99. The number of aromatic nitrogens is 2. The number of hydrogen-bond acceptors (Lipinski definition) is 10. The van der Waals surface area contributed by atoms with E-state index in [9.17, 15) is 9.59 Å². The van der Waals surface area contributed by atoms with Gasteiger partial charge in [0, 0.05) is 24.5 Å². The van der Waals surface area contributed by atoms with E-state index >= 15 is 0 Å². The molecule has 10 heteroatoms. The number of rotatable bonds is 5.